The zero-order chi connectivity index (χ0) is 22.7. The van der Waals surface area contributed by atoms with E-state index in [-0.39, 0.29) is 17.8 Å². The molecule has 0 aliphatic carbocycles. The third kappa shape index (κ3) is 4.91. The van der Waals surface area contributed by atoms with Crippen molar-refractivity contribution in [2.24, 2.45) is 0 Å². The maximum Gasteiger partial charge on any atom is 0.265 e. The predicted octanol–water partition coefficient (Wildman–Crippen LogP) is 5.48. The fourth-order valence-electron chi connectivity index (χ4n) is 3.65. The molecule has 4 rings (SSSR count). The lowest BCUT2D eigenvalue weighted by molar-refractivity contribution is 0.0591. The van der Waals surface area contributed by atoms with Gasteiger partial charge in [-0.3, -0.25) is 4.79 Å². The zero-order valence-corrected chi connectivity index (χ0v) is 18.8. The highest BCUT2D eigenvalue weighted by atomic mass is 32.1. The summed E-state index contributed by atoms with van der Waals surface area (Å²) in [6, 6.07) is 10.9. The summed E-state index contributed by atoms with van der Waals surface area (Å²) >= 11 is 1.38. The molecule has 8 heteroatoms. The van der Waals surface area contributed by atoms with E-state index in [1.807, 2.05) is 38.1 Å². The van der Waals surface area contributed by atoms with Gasteiger partial charge in [0.2, 0.25) is 0 Å². The molecule has 5 nitrogen and oxygen atoms in total. The Balaban J connectivity index is 1.39. The van der Waals surface area contributed by atoms with Crippen molar-refractivity contribution >= 4 is 17.2 Å². The monoisotopic (exact) mass is 458 g/mol. The standard InChI is InChI=1S/C24H24F2N2O3S/c1-3-30-18-7-4-16(5-8-18)23-27-15(2)22(32-23)24(29)28-12-10-19(11-13-28)31-21-9-6-17(25)14-20(21)26/h4-9,14,19H,3,10-13H2,1-2H3. The number of likely N-dealkylation sites (tertiary alicyclic amines) is 1. The van der Waals surface area contributed by atoms with Crippen molar-refractivity contribution in [1.82, 2.24) is 9.88 Å². The van der Waals surface area contributed by atoms with Crippen LogP contribution in [0.1, 0.15) is 35.1 Å². The van der Waals surface area contributed by atoms with Gasteiger partial charge in [-0.2, -0.15) is 0 Å². The highest BCUT2D eigenvalue weighted by Gasteiger charge is 2.28. The SMILES string of the molecule is CCOc1ccc(-c2nc(C)c(C(=O)N3CCC(Oc4ccc(F)cc4F)CC3)s2)cc1. The number of piperidine rings is 1. The third-order valence-electron chi connectivity index (χ3n) is 5.32. The van der Waals surface area contributed by atoms with Gasteiger partial charge < -0.3 is 14.4 Å². The van der Waals surface area contributed by atoms with Crippen LogP contribution in [0.5, 0.6) is 11.5 Å². The molecule has 1 saturated heterocycles. The van der Waals surface area contributed by atoms with Gasteiger partial charge in [-0.25, -0.2) is 13.8 Å². The van der Waals surface area contributed by atoms with Gasteiger partial charge in [0.1, 0.15) is 27.6 Å². The quantitative estimate of drug-likeness (QED) is 0.491. The van der Waals surface area contributed by atoms with Crippen molar-refractivity contribution in [3.63, 3.8) is 0 Å². The topological polar surface area (TPSA) is 51.7 Å². The summed E-state index contributed by atoms with van der Waals surface area (Å²) in [5.74, 6) is -0.574. The van der Waals surface area contributed by atoms with Crippen molar-refractivity contribution in [1.29, 1.82) is 0 Å². The van der Waals surface area contributed by atoms with E-state index in [9.17, 15) is 13.6 Å². The molecule has 0 atom stereocenters. The van der Waals surface area contributed by atoms with Gasteiger partial charge in [-0.1, -0.05) is 0 Å². The van der Waals surface area contributed by atoms with E-state index < -0.39 is 11.6 Å². The molecule has 0 saturated carbocycles. The molecule has 1 fully saturated rings. The predicted molar refractivity (Wildman–Crippen MR) is 119 cm³/mol. The summed E-state index contributed by atoms with van der Waals surface area (Å²) in [7, 11) is 0. The van der Waals surface area contributed by atoms with Gasteiger partial charge in [-0.15, -0.1) is 11.3 Å². The highest BCUT2D eigenvalue weighted by molar-refractivity contribution is 7.17. The molecule has 0 bridgehead atoms. The Kier molecular flexibility index (Phi) is 6.69. The second-order valence-electron chi connectivity index (χ2n) is 7.58. The second kappa shape index (κ2) is 9.65. The van der Waals surface area contributed by atoms with Crippen LogP contribution in [0.15, 0.2) is 42.5 Å². The second-order valence-corrected chi connectivity index (χ2v) is 8.57. The lowest BCUT2D eigenvalue weighted by atomic mass is 10.1. The lowest BCUT2D eigenvalue weighted by Crippen LogP contribution is -2.41. The van der Waals surface area contributed by atoms with E-state index in [1.54, 1.807) is 4.90 Å². The van der Waals surface area contributed by atoms with Crippen LogP contribution in [0.3, 0.4) is 0 Å². The number of aromatic nitrogens is 1. The first-order valence-corrected chi connectivity index (χ1v) is 11.4. The van der Waals surface area contributed by atoms with Crippen LogP contribution >= 0.6 is 11.3 Å². The number of halogens is 2. The van der Waals surface area contributed by atoms with Gasteiger partial charge in [0.15, 0.2) is 11.6 Å². The number of carbonyl (C=O) groups excluding carboxylic acids is 1. The first-order valence-electron chi connectivity index (χ1n) is 10.6. The number of carbonyl (C=O) groups is 1. The van der Waals surface area contributed by atoms with Crippen molar-refractivity contribution in [3.05, 3.63) is 64.7 Å². The molecule has 1 aromatic heterocycles. The molecule has 1 aliphatic heterocycles. The minimum Gasteiger partial charge on any atom is -0.494 e. The van der Waals surface area contributed by atoms with Crippen LogP contribution in [0.25, 0.3) is 10.6 Å². The van der Waals surface area contributed by atoms with Gasteiger partial charge in [0.05, 0.1) is 12.3 Å². The van der Waals surface area contributed by atoms with Gasteiger partial charge in [-0.05, 0) is 50.2 Å². The van der Waals surface area contributed by atoms with E-state index in [0.29, 0.717) is 43.1 Å². The summed E-state index contributed by atoms with van der Waals surface area (Å²) < 4.78 is 38.1. The first-order chi connectivity index (χ1) is 15.4. The Morgan fingerprint density at radius 3 is 2.53 bits per heavy atom. The van der Waals surface area contributed by atoms with Gasteiger partial charge in [0, 0.05) is 37.6 Å². The van der Waals surface area contributed by atoms with E-state index >= 15 is 0 Å². The maximum atomic E-state index is 13.8. The Morgan fingerprint density at radius 2 is 1.88 bits per heavy atom. The zero-order valence-electron chi connectivity index (χ0n) is 17.9. The number of rotatable bonds is 6. The van der Waals surface area contributed by atoms with E-state index in [0.717, 1.165) is 22.4 Å². The van der Waals surface area contributed by atoms with Crippen LogP contribution in [-0.2, 0) is 0 Å². The molecular weight excluding hydrogens is 434 g/mol. The minimum absolute atomic E-state index is 0.0366. The number of benzene rings is 2. The summed E-state index contributed by atoms with van der Waals surface area (Å²) in [4.78, 5) is 20.1. The first kappa shape index (κ1) is 22.2. The van der Waals surface area contributed by atoms with E-state index in [4.69, 9.17) is 9.47 Å². The van der Waals surface area contributed by atoms with Crippen molar-refractivity contribution in [2.75, 3.05) is 19.7 Å². The molecule has 1 amide bonds. The molecule has 2 heterocycles. The van der Waals surface area contributed by atoms with Crippen LogP contribution < -0.4 is 9.47 Å². The lowest BCUT2D eigenvalue weighted by Gasteiger charge is -2.32. The van der Waals surface area contributed by atoms with Crippen molar-refractivity contribution in [3.8, 4) is 22.1 Å². The molecule has 0 radical (unpaired) electrons. The summed E-state index contributed by atoms with van der Waals surface area (Å²) in [6.45, 7) is 5.39. The molecular formula is C24H24F2N2O3S. The van der Waals surface area contributed by atoms with E-state index in [1.165, 1.54) is 23.5 Å². The van der Waals surface area contributed by atoms with Gasteiger partial charge in [0.25, 0.3) is 5.91 Å². The number of amides is 1. The molecule has 32 heavy (non-hydrogen) atoms. The Labute approximate surface area is 189 Å². The molecule has 0 unspecified atom stereocenters. The van der Waals surface area contributed by atoms with Crippen LogP contribution in [0.4, 0.5) is 8.78 Å². The molecule has 0 spiro atoms. The number of aryl methyl sites for hydroxylation is 1. The number of ether oxygens (including phenoxy) is 2. The van der Waals surface area contributed by atoms with Gasteiger partial charge >= 0.3 is 0 Å². The third-order valence-corrected chi connectivity index (χ3v) is 6.51. The number of hydrogen-bond donors (Lipinski definition) is 0. The average molecular weight is 459 g/mol. The Hall–Kier alpha value is -3.00. The maximum absolute atomic E-state index is 13.8. The number of nitrogens with zero attached hydrogens (tertiary/aromatic N) is 2. The van der Waals surface area contributed by atoms with E-state index in [2.05, 4.69) is 4.98 Å². The fraction of sp³-hybridized carbons (Fsp3) is 0.333. The Morgan fingerprint density at radius 1 is 1.16 bits per heavy atom. The summed E-state index contributed by atoms with van der Waals surface area (Å²) in [5, 5.41) is 0.791. The molecule has 168 valence electrons. The molecule has 0 N–H and O–H groups in total. The molecule has 1 aliphatic rings. The smallest absolute Gasteiger partial charge is 0.265 e. The number of thiazole rings is 1. The molecule has 3 aromatic rings. The average Bonchev–Trinajstić information content (AvgIpc) is 3.18. The van der Waals surface area contributed by atoms with Crippen LogP contribution in [0, 0.1) is 18.6 Å². The van der Waals surface area contributed by atoms with Crippen molar-refractivity contribution < 1.29 is 23.0 Å². The molecule has 2 aromatic carbocycles. The highest BCUT2D eigenvalue weighted by Crippen LogP contribution is 2.31. The van der Waals surface area contributed by atoms with Crippen LogP contribution in [-0.4, -0.2) is 41.6 Å². The van der Waals surface area contributed by atoms with Crippen molar-refractivity contribution in [2.45, 2.75) is 32.8 Å². The Bertz CT molecular complexity index is 1090. The normalized spacial score (nSPS) is 14.4. The number of hydrogen-bond acceptors (Lipinski definition) is 5. The largest absolute Gasteiger partial charge is 0.494 e. The summed E-state index contributed by atoms with van der Waals surface area (Å²) in [6.07, 6.45) is 0.930. The fourth-order valence-corrected chi connectivity index (χ4v) is 4.69. The minimum atomic E-state index is -0.717. The summed E-state index contributed by atoms with van der Waals surface area (Å²) in [5.41, 5.74) is 1.64. The van der Waals surface area contributed by atoms with Crippen LogP contribution in [0.2, 0.25) is 0 Å².